The van der Waals surface area contributed by atoms with Gasteiger partial charge in [-0.3, -0.25) is 4.79 Å². The lowest BCUT2D eigenvalue weighted by Crippen LogP contribution is -2.30. The maximum atomic E-state index is 11.3. The van der Waals surface area contributed by atoms with Crippen LogP contribution in [0.15, 0.2) is 12.1 Å². The van der Waals surface area contributed by atoms with Crippen molar-refractivity contribution in [2.45, 2.75) is 13.0 Å². The van der Waals surface area contributed by atoms with E-state index in [9.17, 15) is 4.79 Å². The summed E-state index contributed by atoms with van der Waals surface area (Å²) in [5, 5.41) is 2.79. The molecule has 4 heteroatoms. The third-order valence-electron chi connectivity index (χ3n) is 2.54. The van der Waals surface area contributed by atoms with Crippen molar-refractivity contribution in [2.24, 2.45) is 0 Å². The zero-order valence-corrected chi connectivity index (χ0v) is 8.79. The fraction of sp³-hybridized carbons (Fsp3) is 0.364. The Morgan fingerprint density at radius 2 is 2.07 bits per heavy atom. The quantitative estimate of drug-likeness (QED) is 0.783. The first-order valence-electron chi connectivity index (χ1n) is 4.75. The van der Waals surface area contributed by atoms with Gasteiger partial charge in [0.2, 0.25) is 5.91 Å². The fourth-order valence-corrected chi connectivity index (χ4v) is 1.75. The second-order valence-corrected chi connectivity index (χ2v) is 3.42. The van der Waals surface area contributed by atoms with Crippen LogP contribution in [0.5, 0.6) is 11.5 Å². The summed E-state index contributed by atoms with van der Waals surface area (Å²) < 4.78 is 10.4. The number of hydrogen-bond donors (Lipinski definition) is 1. The minimum absolute atomic E-state index is 0.0333. The molecule has 0 fully saturated rings. The van der Waals surface area contributed by atoms with E-state index in [1.165, 1.54) is 0 Å². The average molecular weight is 207 g/mol. The van der Waals surface area contributed by atoms with Gasteiger partial charge in [0.25, 0.3) is 0 Å². The van der Waals surface area contributed by atoms with Crippen LogP contribution in [0.25, 0.3) is 0 Å². The summed E-state index contributed by atoms with van der Waals surface area (Å²) in [4.78, 5) is 11.3. The van der Waals surface area contributed by atoms with Gasteiger partial charge in [-0.25, -0.2) is 0 Å². The number of benzene rings is 1. The molecule has 1 amide bonds. The standard InChI is InChI=1S/C11H13NO3/c1-14-8-3-7-6-12-11(13)5-9(7)10(4-8)15-2/h3-4H,5-6H2,1-2H3,(H,12,13). The van der Waals surface area contributed by atoms with Gasteiger partial charge in [0, 0.05) is 18.2 Å². The molecule has 1 N–H and O–H groups in total. The molecule has 0 bridgehead atoms. The number of methoxy groups -OCH3 is 2. The molecule has 0 saturated heterocycles. The molecular formula is C11H13NO3. The SMILES string of the molecule is COc1cc2c(c(OC)c1)CC(=O)NC2. The lowest BCUT2D eigenvalue weighted by molar-refractivity contribution is -0.121. The van der Waals surface area contributed by atoms with Crippen molar-refractivity contribution in [1.29, 1.82) is 0 Å². The van der Waals surface area contributed by atoms with Crippen LogP contribution in [0.2, 0.25) is 0 Å². The summed E-state index contributed by atoms with van der Waals surface area (Å²) in [7, 11) is 3.21. The Labute approximate surface area is 88.2 Å². The Balaban J connectivity index is 2.49. The van der Waals surface area contributed by atoms with E-state index in [-0.39, 0.29) is 5.91 Å². The summed E-state index contributed by atoms with van der Waals surface area (Å²) >= 11 is 0. The third-order valence-corrected chi connectivity index (χ3v) is 2.54. The van der Waals surface area contributed by atoms with E-state index in [2.05, 4.69) is 5.32 Å². The Hall–Kier alpha value is -1.71. The number of carbonyl (C=O) groups excluding carboxylic acids is 1. The van der Waals surface area contributed by atoms with E-state index in [0.717, 1.165) is 22.6 Å². The highest BCUT2D eigenvalue weighted by atomic mass is 16.5. The van der Waals surface area contributed by atoms with Crippen LogP contribution in [0.4, 0.5) is 0 Å². The Morgan fingerprint density at radius 3 is 2.73 bits per heavy atom. The molecule has 0 aliphatic carbocycles. The van der Waals surface area contributed by atoms with Crippen molar-refractivity contribution in [3.63, 3.8) is 0 Å². The third kappa shape index (κ3) is 1.75. The molecule has 1 aliphatic rings. The normalized spacial score (nSPS) is 14.1. The van der Waals surface area contributed by atoms with E-state index < -0.39 is 0 Å². The Morgan fingerprint density at radius 1 is 1.27 bits per heavy atom. The minimum Gasteiger partial charge on any atom is -0.497 e. The van der Waals surface area contributed by atoms with Crippen LogP contribution >= 0.6 is 0 Å². The van der Waals surface area contributed by atoms with Gasteiger partial charge < -0.3 is 14.8 Å². The van der Waals surface area contributed by atoms with Crippen LogP contribution in [-0.4, -0.2) is 20.1 Å². The first kappa shape index (κ1) is 9.83. The van der Waals surface area contributed by atoms with Crippen molar-refractivity contribution in [2.75, 3.05) is 14.2 Å². The molecular weight excluding hydrogens is 194 g/mol. The Bertz CT molecular complexity index is 384. The monoisotopic (exact) mass is 207 g/mol. The molecule has 2 rings (SSSR count). The molecule has 4 nitrogen and oxygen atoms in total. The van der Waals surface area contributed by atoms with E-state index >= 15 is 0 Å². The predicted molar refractivity (Wildman–Crippen MR) is 55.1 cm³/mol. The number of amides is 1. The summed E-state index contributed by atoms with van der Waals surface area (Å²) in [5.41, 5.74) is 2.02. The molecule has 0 spiro atoms. The van der Waals surface area contributed by atoms with Crippen LogP contribution in [0.3, 0.4) is 0 Å². The highest BCUT2D eigenvalue weighted by Crippen LogP contribution is 2.30. The van der Waals surface area contributed by atoms with Crippen LogP contribution < -0.4 is 14.8 Å². The maximum absolute atomic E-state index is 11.3. The van der Waals surface area contributed by atoms with Gasteiger partial charge in [-0.15, -0.1) is 0 Å². The Kier molecular flexibility index (Phi) is 2.49. The zero-order chi connectivity index (χ0) is 10.8. The smallest absolute Gasteiger partial charge is 0.224 e. The molecule has 1 heterocycles. The minimum atomic E-state index is 0.0333. The molecule has 1 aromatic rings. The van der Waals surface area contributed by atoms with Gasteiger partial charge in [0.05, 0.1) is 20.6 Å². The molecule has 0 atom stereocenters. The van der Waals surface area contributed by atoms with Gasteiger partial charge in [-0.05, 0) is 11.6 Å². The molecule has 1 aromatic carbocycles. The number of nitrogens with one attached hydrogen (secondary N) is 1. The van der Waals surface area contributed by atoms with Gasteiger partial charge in [0.1, 0.15) is 11.5 Å². The van der Waals surface area contributed by atoms with Crippen LogP contribution in [0.1, 0.15) is 11.1 Å². The van der Waals surface area contributed by atoms with Crippen molar-refractivity contribution in [3.05, 3.63) is 23.3 Å². The van der Waals surface area contributed by atoms with Crippen molar-refractivity contribution < 1.29 is 14.3 Å². The zero-order valence-electron chi connectivity index (χ0n) is 8.79. The van der Waals surface area contributed by atoms with E-state index in [4.69, 9.17) is 9.47 Å². The van der Waals surface area contributed by atoms with E-state index in [1.54, 1.807) is 20.3 Å². The maximum Gasteiger partial charge on any atom is 0.224 e. The average Bonchev–Trinajstić information content (AvgIpc) is 2.27. The first-order chi connectivity index (χ1) is 7.24. The van der Waals surface area contributed by atoms with Crippen molar-refractivity contribution in [1.82, 2.24) is 5.32 Å². The van der Waals surface area contributed by atoms with Crippen LogP contribution in [0, 0.1) is 0 Å². The van der Waals surface area contributed by atoms with E-state index in [1.807, 2.05) is 6.07 Å². The summed E-state index contributed by atoms with van der Waals surface area (Å²) in [6.45, 7) is 0.543. The molecule has 1 aliphatic heterocycles. The molecule has 0 saturated carbocycles. The van der Waals surface area contributed by atoms with Crippen molar-refractivity contribution >= 4 is 5.91 Å². The molecule has 15 heavy (non-hydrogen) atoms. The van der Waals surface area contributed by atoms with Gasteiger partial charge in [0.15, 0.2) is 0 Å². The summed E-state index contributed by atoms with van der Waals surface area (Å²) in [6.07, 6.45) is 0.377. The van der Waals surface area contributed by atoms with E-state index in [0.29, 0.717) is 13.0 Å². The highest BCUT2D eigenvalue weighted by molar-refractivity contribution is 5.81. The number of fused-ring (bicyclic) bond motifs is 1. The van der Waals surface area contributed by atoms with Gasteiger partial charge in [-0.1, -0.05) is 0 Å². The largest absolute Gasteiger partial charge is 0.497 e. The lowest BCUT2D eigenvalue weighted by Gasteiger charge is -2.20. The van der Waals surface area contributed by atoms with Crippen LogP contribution in [-0.2, 0) is 17.8 Å². The van der Waals surface area contributed by atoms with Gasteiger partial charge >= 0.3 is 0 Å². The predicted octanol–water partition coefficient (Wildman–Crippen LogP) is 0.876. The summed E-state index contributed by atoms with van der Waals surface area (Å²) in [6, 6.07) is 3.73. The molecule has 80 valence electrons. The molecule has 0 aromatic heterocycles. The number of ether oxygens (including phenoxy) is 2. The fourth-order valence-electron chi connectivity index (χ4n) is 1.75. The van der Waals surface area contributed by atoms with Gasteiger partial charge in [-0.2, -0.15) is 0 Å². The number of hydrogen-bond acceptors (Lipinski definition) is 3. The highest BCUT2D eigenvalue weighted by Gasteiger charge is 2.19. The van der Waals surface area contributed by atoms with Crippen molar-refractivity contribution in [3.8, 4) is 11.5 Å². The molecule has 0 radical (unpaired) electrons. The second-order valence-electron chi connectivity index (χ2n) is 3.42. The topological polar surface area (TPSA) is 47.6 Å². The number of carbonyl (C=O) groups is 1. The summed E-state index contributed by atoms with van der Waals surface area (Å²) in [5.74, 6) is 1.51. The first-order valence-corrected chi connectivity index (χ1v) is 4.75. The second kappa shape index (κ2) is 3.81. The molecule has 0 unspecified atom stereocenters. The lowest BCUT2D eigenvalue weighted by atomic mass is 9.99. The number of rotatable bonds is 2.